The van der Waals surface area contributed by atoms with E-state index in [4.69, 9.17) is 0 Å². The minimum Gasteiger partial charge on any atom is -0.337 e. The molecule has 0 spiro atoms. The molecule has 1 aromatic carbocycles. The summed E-state index contributed by atoms with van der Waals surface area (Å²) in [4.78, 5) is 4.17. The second-order valence-electron chi connectivity index (χ2n) is 4.68. The molecule has 1 aromatic heterocycles. The van der Waals surface area contributed by atoms with E-state index < -0.39 is 5.82 Å². The molecule has 1 unspecified atom stereocenters. The molecule has 19 heavy (non-hydrogen) atoms. The van der Waals surface area contributed by atoms with Gasteiger partial charge in [0.15, 0.2) is 0 Å². The van der Waals surface area contributed by atoms with E-state index in [0.29, 0.717) is 17.7 Å². The second-order valence-corrected chi connectivity index (χ2v) is 4.68. The highest BCUT2D eigenvalue weighted by Crippen LogP contribution is 2.20. The molecule has 102 valence electrons. The van der Waals surface area contributed by atoms with Crippen molar-refractivity contribution in [2.45, 2.75) is 26.4 Å². The lowest BCUT2D eigenvalue weighted by atomic mass is 10.1. The van der Waals surface area contributed by atoms with Crippen LogP contribution < -0.4 is 5.32 Å². The molecule has 0 amide bonds. The Bertz CT molecular complexity index is 578. The lowest BCUT2D eigenvalue weighted by molar-refractivity contribution is 0.505. The average molecular weight is 265 g/mol. The predicted molar refractivity (Wildman–Crippen MR) is 69.6 cm³/mol. The fourth-order valence-electron chi connectivity index (χ4n) is 1.91. The largest absolute Gasteiger partial charge is 0.337 e. The third kappa shape index (κ3) is 2.98. The minimum atomic E-state index is -0.390. The monoisotopic (exact) mass is 265 g/mol. The maximum atomic E-state index is 13.8. The zero-order valence-corrected chi connectivity index (χ0v) is 11.2. The number of imidazole rings is 1. The number of rotatable bonds is 4. The van der Waals surface area contributed by atoms with Gasteiger partial charge in [0.1, 0.15) is 17.5 Å². The maximum Gasteiger partial charge on any atom is 0.128 e. The normalized spacial score (nSPS) is 12.7. The minimum absolute atomic E-state index is 0.285. The number of halogens is 2. The van der Waals surface area contributed by atoms with E-state index in [1.54, 1.807) is 20.0 Å². The molecule has 2 aromatic rings. The first-order valence-corrected chi connectivity index (χ1v) is 6.14. The van der Waals surface area contributed by atoms with Crippen molar-refractivity contribution in [3.63, 3.8) is 0 Å². The quantitative estimate of drug-likeness (QED) is 0.921. The predicted octanol–water partition coefficient (Wildman–Crippen LogP) is 2.86. The van der Waals surface area contributed by atoms with Crippen LogP contribution in [0.4, 0.5) is 8.78 Å². The van der Waals surface area contributed by atoms with E-state index in [-0.39, 0.29) is 11.9 Å². The summed E-state index contributed by atoms with van der Waals surface area (Å²) >= 11 is 0. The molecule has 0 fully saturated rings. The zero-order valence-electron chi connectivity index (χ0n) is 11.2. The Morgan fingerprint density at radius 1 is 1.32 bits per heavy atom. The molecule has 0 aliphatic heterocycles. The topological polar surface area (TPSA) is 29.9 Å². The van der Waals surface area contributed by atoms with Crippen LogP contribution in [-0.2, 0) is 13.6 Å². The number of aromatic nitrogens is 2. The van der Waals surface area contributed by atoms with Gasteiger partial charge in [-0.15, -0.1) is 0 Å². The Kier molecular flexibility index (Phi) is 3.95. The molecular weight excluding hydrogens is 248 g/mol. The van der Waals surface area contributed by atoms with Crippen LogP contribution in [0.25, 0.3) is 0 Å². The molecule has 1 N–H and O–H groups in total. The van der Waals surface area contributed by atoms with Crippen molar-refractivity contribution in [3.8, 4) is 0 Å². The van der Waals surface area contributed by atoms with Gasteiger partial charge in [-0.3, -0.25) is 0 Å². The van der Waals surface area contributed by atoms with Gasteiger partial charge in [-0.05, 0) is 31.5 Å². The summed E-state index contributed by atoms with van der Waals surface area (Å²) in [6.07, 6.45) is 3.54. The van der Waals surface area contributed by atoms with E-state index in [0.717, 1.165) is 5.82 Å². The average Bonchev–Trinajstić information content (AvgIpc) is 2.76. The number of nitrogens with zero attached hydrogens (tertiary/aromatic N) is 2. The van der Waals surface area contributed by atoms with Gasteiger partial charge in [0.25, 0.3) is 0 Å². The first-order chi connectivity index (χ1) is 8.99. The standard InChI is InChI=1S/C14H17F2N3/c1-9-6-13(16)11(7-12(9)15)10(2)18-8-14-17-4-5-19(14)3/h4-7,10,18H,8H2,1-3H3. The van der Waals surface area contributed by atoms with E-state index in [2.05, 4.69) is 10.3 Å². The number of hydrogen-bond acceptors (Lipinski definition) is 2. The molecule has 1 heterocycles. The molecule has 0 saturated heterocycles. The lowest BCUT2D eigenvalue weighted by Gasteiger charge is -2.15. The van der Waals surface area contributed by atoms with E-state index in [1.807, 2.05) is 17.8 Å². The zero-order chi connectivity index (χ0) is 14.0. The fraction of sp³-hybridized carbons (Fsp3) is 0.357. The number of nitrogens with one attached hydrogen (secondary N) is 1. The van der Waals surface area contributed by atoms with Crippen molar-refractivity contribution < 1.29 is 8.78 Å². The molecule has 0 bridgehead atoms. The molecule has 3 nitrogen and oxygen atoms in total. The van der Waals surface area contributed by atoms with Crippen molar-refractivity contribution in [2.75, 3.05) is 0 Å². The molecule has 2 rings (SSSR count). The summed E-state index contributed by atoms with van der Waals surface area (Å²) < 4.78 is 29.2. The van der Waals surface area contributed by atoms with E-state index in [1.165, 1.54) is 12.1 Å². The SMILES string of the molecule is Cc1cc(F)c(C(C)NCc2nccn2C)cc1F. The maximum absolute atomic E-state index is 13.8. The number of aryl methyl sites for hydroxylation is 2. The van der Waals surface area contributed by atoms with Crippen molar-refractivity contribution in [1.82, 2.24) is 14.9 Å². The molecule has 0 aliphatic carbocycles. The van der Waals surface area contributed by atoms with Crippen molar-refractivity contribution in [3.05, 3.63) is 53.1 Å². The van der Waals surface area contributed by atoms with Gasteiger partial charge in [-0.1, -0.05) is 0 Å². The summed E-state index contributed by atoms with van der Waals surface area (Å²) in [5.41, 5.74) is 0.648. The summed E-state index contributed by atoms with van der Waals surface area (Å²) in [5.74, 6) is 0.0700. The van der Waals surface area contributed by atoms with Crippen LogP contribution in [0.5, 0.6) is 0 Å². The van der Waals surface area contributed by atoms with Gasteiger partial charge in [0.2, 0.25) is 0 Å². The third-order valence-corrected chi connectivity index (χ3v) is 3.23. The Morgan fingerprint density at radius 2 is 2.05 bits per heavy atom. The van der Waals surface area contributed by atoms with Crippen LogP contribution in [0.3, 0.4) is 0 Å². The van der Waals surface area contributed by atoms with Gasteiger partial charge in [0, 0.05) is 31.0 Å². The van der Waals surface area contributed by atoms with Crippen LogP contribution in [-0.4, -0.2) is 9.55 Å². The smallest absolute Gasteiger partial charge is 0.128 e. The summed E-state index contributed by atoms with van der Waals surface area (Å²) in [7, 11) is 1.89. The van der Waals surface area contributed by atoms with Crippen molar-refractivity contribution in [2.24, 2.45) is 7.05 Å². The van der Waals surface area contributed by atoms with Crippen LogP contribution >= 0.6 is 0 Å². The second kappa shape index (κ2) is 5.48. The van der Waals surface area contributed by atoms with Gasteiger partial charge in [0.05, 0.1) is 6.54 Å². The molecule has 1 atom stereocenters. The highest BCUT2D eigenvalue weighted by molar-refractivity contribution is 5.27. The third-order valence-electron chi connectivity index (χ3n) is 3.23. The van der Waals surface area contributed by atoms with Crippen molar-refractivity contribution >= 4 is 0 Å². The summed E-state index contributed by atoms with van der Waals surface area (Å²) in [6, 6.07) is 2.19. The molecule has 0 saturated carbocycles. The number of hydrogen-bond donors (Lipinski definition) is 1. The molecule has 0 aliphatic rings. The first-order valence-electron chi connectivity index (χ1n) is 6.14. The fourth-order valence-corrected chi connectivity index (χ4v) is 1.91. The Balaban J connectivity index is 2.10. The lowest BCUT2D eigenvalue weighted by Crippen LogP contribution is -2.21. The van der Waals surface area contributed by atoms with E-state index >= 15 is 0 Å². The van der Waals surface area contributed by atoms with Crippen LogP contribution in [0.1, 0.15) is 29.9 Å². The highest BCUT2D eigenvalue weighted by atomic mass is 19.1. The van der Waals surface area contributed by atoms with Crippen LogP contribution in [0.2, 0.25) is 0 Å². The highest BCUT2D eigenvalue weighted by Gasteiger charge is 2.14. The Morgan fingerprint density at radius 3 is 2.68 bits per heavy atom. The van der Waals surface area contributed by atoms with Crippen LogP contribution in [0.15, 0.2) is 24.5 Å². The molecular formula is C14H17F2N3. The van der Waals surface area contributed by atoms with Gasteiger partial charge in [-0.25, -0.2) is 13.8 Å². The van der Waals surface area contributed by atoms with Gasteiger partial charge < -0.3 is 9.88 Å². The summed E-state index contributed by atoms with van der Waals surface area (Å²) in [5, 5.41) is 3.14. The first kappa shape index (κ1) is 13.7. The molecule has 0 radical (unpaired) electrons. The van der Waals surface area contributed by atoms with Crippen LogP contribution in [0, 0.1) is 18.6 Å². The molecule has 5 heteroatoms. The van der Waals surface area contributed by atoms with Gasteiger partial charge >= 0.3 is 0 Å². The Labute approximate surface area is 111 Å². The summed E-state index contributed by atoms with van der Waals surface area (Å²) in [6.45, 7) is 3.85. The van der Waals surface area contributed by atoms with Crippen molar-refractivity contribution in [1.29, 1.82) is 0 Å². The van der Waals surface area contributed by atoms with E-state index in [9.17, 15) is 8.78 Å². The number of benzene rings is 1. The van der Waals surface area contributed by atoms with Gasteiger partial charge in [-0.2, -0.15) is 0 Å². The Hall–Kier alpha value is -1.75.